The average molecular weight is 240 g/mol. The summed E-state index contributed by atoms with van der Waals surface area (Å²) in [4.78, 5) is 11.9. The van der Waals surface area contributed by atoms with Crippen molar-refractivity contribution in [2.24, 2.45) is 23.5 Å². The van der Waals surface area contributed by atoms with Crippen molar-refractivity contribution in [2.75, 3.05) is 20.3 Å². The van der Waals surface area contributed by atoms with Crippen LogP contribution in [0.3, 0.4) is 0 Å². The van der Waals surface area contributed by atoms with Crippen LogP contribution in [0.4, 0.5) is 0 Å². The maximum atomic E-state index is 11.9. The fourth-order valence-corrected chi connectivity index (χ4v) is 3.52. The van der Waals surface area contributed by atoms with Crippen molar-refractivity contribution in [3.8, 4) is 0 Å². The molecule has 0 aliphatic heterocycles. The van der Waals surface area contributed by atoms with E-state index in [-0.39, 0.29) is 11.9 Å². The Morgan fingerprint density at radius 1 is 1.47 bits per heavy atom. The molecule has 4 nitrogen and oxygen atoms in total. The molecular formula is C13H24N2O2. The second kappa shape index (κ2) is 5.83. The zero-order valence-electron chi connectivity index (χ0n) is 10.7. The number of methoxy groups -OCH3 is 1. The Labute approximate surface area is 103 Å². The fourth-order valence-electron chi connectivity index (χ4n) is 3.52. The average Bonchev–Trinajstić information content (AvgIpc) is 2.90. The predicted octanol–water partition coefficient (Wildman–Crippen LogP) is 0.903. The van der Waals surface area contributed by atoms with Crippen LogP contribution in [0.2, 0.25) is 0 Å². The van der Waals surface area contributed by atoms with Gasteiger partial charge < -0.3 is 15.8 Å². The largest absolute Gasteiger partial charge is 0.383 e. The third-order valence-electron chi connectivity index (χ3n) is 4.35. The number of amides is 1. The maximum absolute atomic E-state index is 11.9. The lowest BCUT2D eigenvalue weighted by Crippen LogP contribution is -2.43. The summed E-state index contributed by atoms with van der Waals surface area (Å²) < 4.78 is 5.02. The van der Waals surface area contributed by atoms with Gasteiger partial charge in [-0.05, 0) is 37.0 Å². The highest BCUT2D eigenvalue weighted by atomic mass is 16.5. The molecule has 98 valence electrons. The van der Waals surface area contributed by atoms with Crippen LogP contribution >= 0.6 is 0 Å². The Morgan fingerprint density at radius 2 is 2.29 bits per heavy atom. The molecule has 0 aromatic heterocycles. The van der Waals surface area contributed by atoms with Crippen LogP contribution in [-0.4, -0.2) is 32.2 Å². The molecule has 0 saturated heterocycles. The molecular weight excluding hydrogens is 216 g/mol. The minimum atomic E-state index is -0.0360. The molecule has 0 aromatic rings. The first-order valence-electron chi connectivity index (χ1n) is 6.71. The van der Waals surface area contributed by atoms with Crippen LogP contribution in [0, 0.1) is 17.8 Å². The highest BCUT2D eigenvalue weighted by Crippen LogP contribution is 2.49. The molecule has 4 heteroatoms. The molecule has 3 N–H and O–H groups in total. The number of nitrogens with one attached hydrogen (secondary N) is 1. The number of hydrogen-bond donors (Lipinski definition) is 2. The van der Waals surface area contributed by atoms with E-state index in [0.29, 0.717) is 25.5 Å². The smallest absolute Gasteiger partial charge is 0.220 e. The minimum absolute atomic E-state index is 0.0360. The molecule has 0 spiro atoms. The number of hydrogen-bond acceptors (Lipinski definition) is 3. The molecule has 1 amide bonds. The SMILES string of the molecule is COCC(CN)NC(=O)CC1CC2CCC1C2. The Kier molecular flexibility index (Phi) is 4.40. The van der Waals surface area contributed by atoms with E-state index in [4.69, 9.17) is 10.5 Å². The molecule has 0 radical (unpaired) electrons. The van der Waals surface area contributed by atoms with E-state index in [0.717, 1.165) is 11.8 Å². The Balaban J connectivity index is 1.73. The summed E-state index contributed by atoms with van der Waals surface area (Å²) in [6.45, 7) is 0.940. The molecule has 4 atom stereocenters. The first-order valence-corrected chi connectivity index (χ1v) is 6.71. The zero-order chi connectivity index (χ0) is 12.3. The molecule has 2 bridgehead atoms. The van der Waals surface area contributed by atoms with Gasteiger partial charge in [0, 0.05) is 20.1 Å². The number of ether oxygens (including phenoxy) is 1. The van der Waals surface area contributed by atoms with Gasteiger partial charge in [0.2, 0.25) is 5.91 Å². The second-order valence-electron chi connectivity index (χ2n) is 5.59. The Bertz CT molecular complexity index is 270. The second-order valence-corrected chi connectivity index (χ2v) is 5.59. The quantitative estimate of drug-likeness (QED) is 0.725. The topological polar surface area (TPSA) is 64.3 Å². The molecule has 2 fully saturated rings. The van der Waals surface area contributed by atoms with Crippen LogP contribution in [0.5, 0.6) is 0 Å². The molecule has 0 aromatic carbocycles. The summed E-state index contributed by atoms with van der Waals surface area (Å²) in [7, 11) is 1.63. The van der Waals surface area contributed by atoms with Crippen LogP contribution in [-0.2, 0) is 9.53 Å². The summed E-state index contributed by atoms with van der Waals surface area (Å²) in [6.07, 6.45) is 6.02. The van der Waals surface area contributed by atoms with Crippen molar-refractivity contribution in [1.82, 2.24) is 5.32 Å². The van der Waals surface area contributed by atoms with E-state index in [1.807, 2.05) is 0 Å². The lowest BCUT2D eigenvalue weighted by molar-refractivity contribution is -0.123. The van der Waals surface area contributed by atoms with E-state index in [2.05, 4.69) is 5.32 Å². The van der Waals surface area contributed by atoms with E-state index >= 15 is 0 Å². The normalized spacial score (nSPS) is 32.7. The fraction of sp³-hybridized carbons (Fsp3) is 0.923. The summed E-state index contributed by atoms with van der Waals surface area (Å²) >= 11 is 0. The summed E-state index contributed by atoms with van der Waals surface area (Å²) in [6, 6.07) is -0.0360. The zero-order valence-corrected chi connectivity index (χ0v) is 10.7. The third-order valence-corrected chi connectivity index (χ3v) is 4.35. The van der Waals surface area contributed by atoms with Crippen molar-refractivity contribution in [3.63, 3.8) is 0 Å². The number of carbonyl (C=O) groups excluding carboxylic acids is 1. The molecule has 2 aliphatic carbocycles. The summed E-state index contributed by atoms with van der Waals surface area (Å²) in [5, 5.41) is 2.97. The van der Waals surface area contributed by atoms with Crippen LogP contribution in [0.25, 0.3) is 0 Å². The van der Waals surface area contributed by atoms with Crippen LogP contribution in [0.15, 0.2) is 0 Å². The lowest BCUT2D eigenvalue weighted by Gasteiger charge is -2.22. The van der Waals surface area contributed by atoms with Crippen LogP contribution in [0.1, 0.15) is 32.1 Å². The molecule has 4 unspecified atom stereocenters. The molecule has 17 heavy (non-hydrogen) atoms. The number of carbonyl (C=O) groups is 1. The maximum Gasteiger partial charge on any atom is 0.220 e. The first-order chi connectivity index (χ1) is 8.22. The number of rotatable bonds is 6. The van der Waals surface area contributed by atoms with Gasteiger partial charge in [-0.25, -0.2) is 0 Å². The van der Waals surface area contributed by atoms with Gasteiger partial charge in [0.25, 0.3) is 0 Å². The molecule has 2 aliphatic rings. The van der Waals surface area contributed by atoms with E-state index in [9.17, 15) is 4.79 Å². The van der Waals surface area contributed by atoms with Gasteiger partial charge in [-0.3, -0.25) is 4.79 Å². The third kappa shape index (κ3) is 3.19. The number of nitrogens with two attached hydrogens (primary N) is 1. The van der Waals surface area contributed by atoms with Gasteiger partial charge in [-0.15, -0.1) is 0 Å². The van der Waals surface area contributed by atoms with E-state index < -0.39 is 0 Å². The van der Waals surface area contributed by atoms with Gasteiger partial charge in [0.15, 0.2) is 0 Å². The molecule has 2 rings (SSSR count). The van der Waals surface area contributed by atoms with E-state index in [1.54, 1.807) is 7.11 Å². The minimum Gasteiger partial charge on any atom is -0.383 e. The molecule has 2 saturated carbocycles. The standard InChI is InChI=1S/C13H24N2O2/c1-17-8-12(7-14)15-13(16)6-11-5-9-2-3-10(11)4-9/h9-12H,2-8,14H2,1H3,(H,15,16). The van der Waals surface area contributed by atoms with Gasteiger partial charge in [-0.2, -0.15) is 0 Å². The first kappa shape index (κ1) is 12.8. The van der Waals surface area contributed by atoms with Crippen molar-refractivity contribution >= 4 is 5.91 Å². The lowest BCUT2D eigenvalue weighted by atomic mass is 9.86. The van der Waals surface area contributed by atoms with Crippen molar-refractivity contribution in [1.29, 1.82) is 0 Å². The Hall–Kier alpha value is -0.610. The number of fused-ring (bicyclic) bond motifs is 2. The predicted molar refractivity (Wildman–Crippen MR) is 66.4 cm³/mol. The van der Waals surface area contributed by atoms with Gasteiger partial charge in [-0.1, -0.05) is 6.42 Å². The van der Waals surface area contributed by atoms with E-state index in [1.165, 1.54) is 25.7 Å². The summed E-state index contributed by atoms with van der Waals surface area (Å²) in [5.74, 6) is 2.48. The monoisotopic (exact) mass is 240 g/mol. The van der Waals surface area contributed by atoms with Crippen molar-refractivity contribution < 1.29 is 9.53 Å². The van der Waals surface area contributed by atoms with Gasteiger partial charge in [0.1, 0.15) is 0 Å². The Morgan fingerprint density at radius 3 is 2.82 bits per heavy atom. The van der Waals surface area contributed by atoms with Crippen LogP contribution < -0.4 is 11.1 Å². The van der Waals surface area contributed by atoms with Gasteiger partial charge in [0.05, 0.1) is 12.6 Å². The van der Waals surface area contributed by atoms with Crippen molar-refractivity contribution in [3.05, 3.63) is 0 Å². The highest BCUT2D eigenvalue weighted by Gasteiger charge is 2.40. The van der Waals surface area contributed by atoms with Crippen molar-refractivity contribution in [2.45, 2.75) is 38.1 Å². The summed E-state index contributed by atoms with van der Waals surface area (Å²) in [5.41, 5.74) is 5.58. The molecule has 0 heterocycles. The van der Waals surface area contributed by atoms with Gasteiger partial charge >= 0.3 is 0 Å². The highest BCUT2D eigenvalue weighted by molar-refractivity contribution is 5.76.